The molecule has 0 saturated carbocycles. The average Bonchev–Trinajstić information content (AvgIpc) is 2.87. The Labute approximate surface area is 161 Å². The summed E-state index contributed by atoms with van der Waals surface area (Å²) in [5.74, 6) is 0.253. The number of amides is 2. The van der Waals surface area contributed by atoms with E-state index >= 15 is 0 Å². The number of nitrogens with one attached hydrogen (secondary N) is 1. The van der Waals surface area contributed by atoms with Crippen LogP contribution in [0.1, 0.15) is 34.6 Å². The van der Waals surface area contributed by atoms with Gasteiger partial charge in [0.05, 0.1) is 24.0 Å². The molecule has 5 nitrogen and oxygen atoms in total. The summed E-state index contributed by atoms with van der Waals surface area (Å²) in [4.78, 5) is 26.6. The van der Waals surface area contributed by atoms with Crippen LogP contribution in [0.25, 0.3) is 0 Å². The molecule has 25 heavy (non-hydrogen) atoms. The lowest BCUT2D eigenvalue weighted by molar-refractivity contribution is -0.146. The molecule has 4 unspecified atom stereocenters. The zero-order valence-corrected chi connectivity index (χ0v) is 18.8. The van der Waals surface area contributed by atoms with Crippen LogP contribution in [-0.4, -0.2) is 53.8 Å². The Morgan fingerprint density at radius 2 is 2.00 bits per heavy atom. The Morgan fingerprint density at radius 3 is 2.44 bits per heavy atom. The van der Waals surface area contributed by atoms with E-state index in [1.165, 1.54) is 11.8 Å². The van der Waals surface area contributed by atoms with Gasteiger partial charge in [0, 0.05) is 12.3 Å². The van der Waals surface area contributed by atoms with Crippen LogP contribution in [0.3, 0.4) is 0 Å². The van der Waals surface area contributed by atoms with Crippen LogP contribution in [0.15, 0.2) is 0 Å². The molecule has 2 amide bonds. The third kappa shape index (κ3) is 4.12. The Morgan fingerprint density at radius 1 is 1.40 bits per heavy atom. The van der Waals surface area contributed by atoms with Crippen LogP contribution in [0, 0.1) is 11.8 Å². The van der Waals surface area contributed by atoms with Crippen LogP contribution >= 0.6 is 24.0 Å². The fourth-order valence-electron chi connectivity index (χ4n) is 3.07. The molecule has 0 radical (unpaired) electrons. The molecule has 1 N–H and O–H groups in total. The molecular weight excluding hydrogens is 372 g/mol. The van der Waals surface area contributed by atoms with E-state index in [9.17, 15) is 9.59 Å². The smallest absolute Gasteiger partial charge is 0.232 e. The van der Waals surface area contributed by atoms with E-state index in [1.807, 2.05) is 13.8 Å². The zero-order chi connectivity index (χ0) is 19.2. The van der Waals surface area contributed by atoms with Gasteiger partial charge in [-0.2, -0.15) is 0 Å². The molecule has 2 fully saturated rings. The second-order valence-corrected chi connectivity index (χ2v) is 15.0. The molecule has 2 heterocycles. The van der Waals surface area contributed by atoms with Crippen molar-refractivity contribution in [1.82, 2.24) is 10.2 Å². The number of thiocarbonyl (C=S) groups is 1. The summed E-state index contributed by atoms with van der Waals surface area (Å²) in [6, 6.07) is -0.187. The summed E-state index contributed by atoms with van der Waals surface area (Å²) in [5, 5.41) is 3.00. The van der Waals surface area contributed by atoms with Crippen molar-refractivity contribution in [1.29, 1.82) is 0 Å². The fraction of sp³-hybridized carbons (Fsp3) is 0.824. The highest BCUT2D eigenvalue weighted by Crippen LogP contribution is 2.39. The van der Waals surface area contributed by atoms with Gasteiger partial charge in [-0.1, -0.05) is 51.7 Å². The minimum absolute atomic E-state index is 0.00419. The van der Waals surface area contributed by atoms with Crippen molar-refractivity contribution in [2.24, 2.45) is 11.8 Å². The third-order valence-electron chi connectivity index (χ3n) is 5.75. The highest BCUT2D eigenvalue weighted by atomic mass is 32.2. The number of rotatable bonds is 5. The number of carbonyl (C=O) groups is 2. The first-order chi connectivity index (χ1) is 11.4. The molecule has 2 aliphatic rings. The molecule has 2 rings (SSSR count). The number of β-lactam (4-membered cyclic amide) rings is 1. The minimum atomic E-state index is -1.97. The van der Waals surface area contributed by atoms with Crippen LogP contribution in [0.4, 0.5) is 0 Å². The Kier molecular flexibility index (Phi) is 6.08. The summed E-state index contributed by atoms with van der Waals surface area (Å²) in [7, 11) is -1.97. The van der Waals surface area contributed by atoms with Crippen LogP contribution in [0.5, 0.6) is 0 Å². The van der Waals surface area contributed by atoms with Crippen molar-refractivity contribution < 1.29 is 14.0 Å². The maximum absolute atomic E-state index is 12.8. The van der Waals surface area contributed by atoms with Gasteiger partial charge < -0.3 is 9.74 Å². The van der Waals surface area contributed by atoms with E-state index in [0.717, 1.165) is 5.75 Å². The van der Waals surface area contributed by atoms with E-state index < -0.39 is 8.32 Å². The molecule has 0 aliphatic carbocycles. The SMILES string of the molecule is CC(O[Si](C)(C)C(C)(C)C)C1C(=O)NC1C(C)C(=O)N1CCSC1=S. The predicted molar refractivity (Wildman–Crippen MR) is 109 cm³/mol. The summed E-state index contributed by atoms with van der Waals surface area (Å²) in [6.07, 6.45) is -0.199. The largest absolute Gasteiger partial charge is 0.413 e. The van der Waals surface area contributed by atoms with Gasteiger partial charge in [-0.25, -0.2) is 0 Å². The zero-order valence-electron chi connectivity index (χ0n) is 16.2. The molecule has 8 heteroatoms. The van der Waals surface area contributed by atoms with Gasteiger partial charge in [-0.05, 0) is 25.1 Å². The monoisotopic (exact) mass is 402 g/mol. The van der Waals surface area contributed by atoms with E-state index in [4.69, 9.17) is 16.6 Å². The number of carbonyl (C=O) groups excluding carboxylic acids is 2. The van der Waals surface area contributed by atoms with Crippen LogP contribution < -0.4 is 5.32 Å². The van der Waals surface area contributed by atoms with Crippen molar-refractivity contribution in [2.45, 2.75) is 64.9 Å². The van der Waals surface area contributed by atoms with Crippen molar-refractivity contribution in [2.75, 3.05) is 12.3 Å². The Balaban J connectivity index is 2.06. The van der Waals surface area contributed by atoms with Crippen LogP contribution in [-0.2, 0) is 14.0 Å². The van der Waals surface area contributed by atoms with E-state index in [2.05, 4.69) is 39.2 Å². The molecule has 0 aromatic heterocycles. The van der Waals surface area contributed by atoms with Gasteiger partial charge >= 0.3 is 0 Å². The average molecular weight is 403 g/mol. The lowest BCUT2D eigenvalue weighted by Gasteiger charge is -2.47. The molecule has 2 saturated heterocycles. The molecular formula is C17H30N2O3S2Si. The molecule has 4 atom stereocenters. The number of hydrogen-bond donors (Lipinski definition) is 1. The second-order valence-electron chi connectivity index (χ2n) is 8.54. The Bertz CT molecular complexity index is 577. The highest BCUT2D eigenvalue weighted by molar-refractivity contribution is 8.23. The van der Waals surface area contributed by atoms with Gasteiger partial charge in [0.25, 0.3) is 0 Å². The minimum Gasteiger partial charge on any atom is -0.413 e. The maximum Gasteiger partial charge on any atom is 0.232 e. The summed E-state index contributed by atoms with van der Waals surface area (Å²) >= 11 is 6.79. The van der Waals surface area contributed by atoms with Crippen molar-refractivity contribution in [3.05, 3.63) is 0 Å². The summed E-state index contributed by atoms with van der Waals surface area (Å²) < 4.78 is 7.05. The van der Waals surface area contributed by atoms with Gasteiger partial charge in [-0.3, -0.25) is 14.5 Å². The summed E-state index contributed by atoms with van der Waals surface area (Å²) in [6.45, 7) is 15.4. The third-order valence-corrected chi connectivity index (χ3v) is 11.7. The molecule has 142 valence electrons. The lowest BCUT2D eigenvalue weighted by Crippen LogP contribution is -2.67. The number of hydrogen-bond acceptors (Lipinski definition) is 5. The van der Waals surface area contributed by atoms with E-state index in [-0.39, 0.29) is 40.8 Å². The van der Waals surface area contributed by atoms with E-state index in [0.29, 0.717) is 10.9 Å². The van der Waals surface area contributed by atoms with Gasteiger partial charge in [-0.15, -0.1) is 0 Å². The first kappa shape index (κ1) is 20.9. The number of thioether (sulfide) groups is 1. The molecule has 0 bridgehead atoms. The van der Waals surface area contributed by atoms with Gasteiger partial charge in [0.1, 0.15) is 4.32 Å². The Hall–Kier alpha value is -0.443. The first-order valence-corrected chi connectivity index (χ1v) is 13.1. The second kappa shape index (κ2) is 7.29. The first-order valence-electron chi connectivity index (χ1n) is 8.83. The van der Waals surface area contributed by atoms with E-state index in [1.54, 1.807) is 4.90 Å². The molecule has 0 aromatic rings. The lowest BCUT2D eigenvalue weighted by atomic mass is 9.78. The van der Waals surface area contributed by atoms with Crippen molar-refractivity contribution in [3.8, 4) is 0 Å². The van der Waals surface area contributed by atoms with Crippen LogP contribution in [0.2, 0.25) is 18.1 Å². The fourth-order valence-corrected chi connectivity index (χ4v) is 5.71. The summed E-state index contributed by atoms with van der Waals surface area (Å²) in [5.41, 5.74) is 0. The predicted octanol–water partition coefficient (Wildman–Crippen LogP) is 3.01. The standard InChI is InChI=1S/C17H30N2O3S2Si/c1-10(15(21)19-8-9-24-16(19)23)13-12(14(20)18-13)11(2)22-25(6,7)17(3,4)5/h10-13H,8-9H2,1-7H3,(H,18,20). The van der Waals surface area contributed by atoms with Gasteiger partial charge in [0.2, 0.25) is 11.8 Å². The van der Waals surface area contributed by atoms with Gasteiger partial charge in [0.15, 0.2) is 8.32 Å². The molecule has 0 spiro atoms. The highest BCUT2D eigenvalue weighted by Gasteiger charge is 2.51. The number of nitrogens with zero attached hydrogens (tertiary/aromatic N) is 1. The van der Waals surface area contributed by atoms with Crippen molar-refractivity contribution >= 4 is 48.4 Å². The molecule has 0 aromatic carbocycles. The van der Waals surface area contributed by atoms with Crippen molar-refractivity contribution in [3.63, 3.8) is 0 Å². The quantitative estimate of drug-likeness (QED) is 0.435. The normalized spacial score (nSPS) is 26.9. The molecule has 2 aliphatic heterocycles. The maximum atomic E-state index is 12.8. The topological polar surface area (TPSA) is 58.6 Å².